The largest absolute Gasteiger partial charge is 0.481 e. The molecular weight excluding hydrogens is 176 g/mol. The van der Waals surface area contributed by atoms with E-state index < -0.39 is 0 Å². The molecule has 1 heterocycles. The third kappa shape index (κ3) is 1.55. The Hall–Kier alpha value is -0.700. The van der Waals surface area contributed by atoms with Gasteiger partial charge in [-0.1, -0.05) is 0 Å². The topological polar surface area (TPSA) is 27.1 Å². The number of hydrogen-bond donors (Lipinski definition) is 0. The van der Waals surface area contributed by atoms with Crippen molar-refractivity contribution < 1.29 is 4.74 Å². The molecule has 0 unspecified atom stereocenters. The number of aromatic nitrogens is 2. The highest BCUT2D eigenvalue weighted by molar-refractivity contribution is 6.18. The minimum atomic E-state index is 0.600. The molecule has 0 saturated carbocycles. The van der Waals surface area contributed by atoms with Crippen LogP contribution in [0.3, 0.4) is 0 Å². The third-order valence-corrected chi connectivity index (χ3v) is 2.02. The van der Waals surface area contributed by atoms with Gasteiger partial charge < -0.3 is 4.74 Å². The molecule has 1 aromatic rings. The average Bonchev–Trinajstić information content (AvgIpc) is 2.28. The van der Waals surface area contributed by atoms with Gasteiger partial charge in [-0.3, -0.25) is 0 Å². The molecule has 0 bridgehead atoms. The van der Waals surface area contributed by atoms with Gasteiger partial charge in [0.25, 0.3) is 0 Å². The average molecular weight is 189 g/mol. The molecule has 3 nitrogen and oxygen atoms in total. The molecule has 0 N–H and O–H groups in total. The number of nitrogens with zero attached hydrogens (tertiary/aromatic N) is 2. The molecule has 4 heteroatoms. The molecule has 0 atom stereocenters. The van der Waals surface area contributed by atoms with Gasteiger partial charge in [0.05, 0.1) is 12.8 Å². The molecule has 12 heavy (non-hydrogen) atoms. The third-order valence-electron chi connectivity index (χ3n) is 1.83. The Morgan fingerprint density at radius 1 is 1.58 bits per heavy atom. The van der Waals surface area contributed by atoms with E-state index in [9.17, 15) is 0 Å². The van der Waals surface area contributed by atoms with Crippen LogP contribution in [0.15, 0.2) is 0 Å². The highest BCUT2D eigenvalue weighted by Gasteiger charge is 2.12. The second kappa shape index (κ2) is 3.81. The molecule has 0 aliphatic carbocycles. The van der Waals surface area contributed by atoms with E-state index in [1.54, 1.807) is 11.8 Å². The number of halogens is 1. The van der Waals surface area contributed by atoms with E-state index in [1.807, 2.05) is 14.0 Å². The van der Waals surface area contributed by atoms with E-state index in [0.29, 0.717) is 5.88 Å². The van der Waals surface area contributed by atoms with E-state index >= 15 is 0 Å². The first kappa shape index (κ1) is 9.39. The summed E-state index contributed by atoms with van der Waals surface area (Å²) in [6.07, 6.45) is 0.810. The van der Waals surface area contributed by atoms with E-state index in [0.717, 1.165) is 23.6 Å². The molecule has 1 aromatic heterocycles. The van der Waals surface area contributed by atoms with Gasteiger partial charge in [0.15, 0.2) is 0 Å². The number of hydrogen-bond acceptors (Lipinski definition) is 2. The summed E-state index contributed by atoms with van der Waals surface area (Å²) < 4.78 is 6.92. The number of alkyl halides is 1. The van der Waals surface area contributed by atoms with Crippen molar-refractivity contribution in [3.8, 4) is 5.88 Å². The Morgan fingerprint density at radius 2 is 2.25 bits per heavy atom. The zero-order valence-corrected chi connectivity index (χ0v) is 8.35. The van der Waals surface area contributed by atoms with E-state index in [1.165, 1.54) is 0 Å². The molecule has 68 valence electrons. The van der Waals surface area contributed by atoms with Crippen LogP contribution in [0.1, 0.15) is 11.3 Å². The lowest BCUT2D eigenvalue weighted by molar-refractivity contribution is 0.369. The maximum absolute atomic E-state index is 5.65. The highest BCUT2D eigenvalue weighted by atomic mass is 35.5. The van der Waals surface area contributed by atoms with Crippen molar-refractivity contribution in [2.24, 2.45) is 7.05 Å². The lowest BCUT2D eigenvalue weighted by atomic mass is 10.2. The summed E-state index contributed by atoms with van der Waals surface area (Å²) in [5, 5.41) is 4.23. The van der Waals surface area contributed by atoms with Crippen LogP contribution in [0.25, 0.3) is 0 Å². The van der Waals surface area contributed by atoms with Crippen molar-refractivity contribution in [3.05, 3.63) is 11.3 Å². The number of rotatable bonds is 3. The second-order valence-electron chi connectivity index (χ2n) is 2.64. The fourth-order valence-corrected chi connectivity index (χ4v) is 1.51. The van der Waals surface area contributed by atoms with E-state index in [4.69, 9.17) is 16.3 Å². The van der Waals surface area contributed by atoms with Gasteiger partial charge in [-0.2, -0.15) is 5.10 Å². The first-order chi connectivity index (χ1) is 5.70. The Morgan fingerprint density at radius 3 is 2.75 bits per heavy atom. The van der Waals surface area contributed by atoms with Gasteiger partial charge >= 0.3 is 0 Å². The second-order valence-corrected chi connectivity index (χ2v) is 3.01. The first-order valence-electron chi connectivity index (χ1n) is 3.83. The van der Waals surface area contributed by atoms with Gasteiger partial charge in [0.2, 0.25) is 5.88 Å². The standard InChI is InChI=1S/C8H13ClN2O/c1-6-7(4-5-9)8(12-3)11(2)10-6/h4-5H2,1-3H3. The van der Waals surface area contributed by atoms with Crippen molar-refractivity contribution >= 4 is 11.6 Å². The van der Waals surface area contributed by atoms with Gasteiger partial charge in [-0.05, 0) is 13.3 Å². The summed E-state index contributed by atoms with van der Waals surface area (Å²) in [7, 11) is 3.51. The molecule has 0 aliphatic rings. The zero-order valence-electron chi connectivity index (χ0n) is 7.59. The van der Waals surface area contributed by atoms with Gasteiger partial charge in [-0.15, -0.1) is 11.6 Å². The minimum absolute atomic E-state index is 0.600. The summed E-state index contributed by atoms with van der Waals surface area (Å²) in [6, 6.07) is 0. The summed E-state index contributed by atoms with van der Waals surface area (Å²) in [6.45, 7) is 1.96. The summed E-state index contributed by atoms with van der Waals surface area (Å²) >= 11 is 5.65. The van der Waals surface area contributed by atoms with E-state index in [-0.39, 0.29) is 0 Å². The Balaban J connectivity index is 3.04. The van der Waals surface area contributed by atoms with Crippen molar-refractivity contribution in [3.63, 3.8) is 0 Å². The van der Waals surface area contributed by atoms with Crippen molar-refractivity contribution in [1.29, 1.82) is 0 Å². The van der Waals surface area contributed by atoms with Crippen LogP contribution in [0.2, 0.25) is 0 Å². The molecule has 1 rings (SSSR count). The molecule has 0 spiro atoms. The molecule has 0 fully saturated rings. The Kier molecular flexibility index (Phi) is 2.98. The predicted octanol–water partition coefficient (Wildman–Crippen LogP) is 1.52. The molecule has 0 aromatic carbocycles. The van der Waals surface area contributed by atoms with Crippen molar-refractivity contribution in [2.75, 3.05) is 13.0 Å². The number of aryl methyl sites for hydroxylation is 2. The molecule has 0 saturated heterocycles. The first-order valence-corrected chi connectivity index (χ1v) is 4.36. The summed E-state index contributed by atoms with van der Waals surface area (Å²) in [5.74, 6) is 1.41. The number of methoxy groups -OCH3 is 1. The quantitative estimate of drug-likeness (QED) is 0.673. The maximum atomic E-state index is 5.65. The molecule has 0 amide bonds. The van der Waals surface area contributed by atoms with Crippen LogP contribution in [-0.4, -0.2) is 22.8 Å². The fourth-order valence-electron chi connectivity index (χ4n) is 1.32. The maximum Gasteiger partial charge on any atom is 0.214 e. The SMILES string of the molecule is COc1c(CCCl)c(C)nn1C. The van der Waals surface area contributed by atoms with Crippen molar-refractivity contribution in [2.45, 2.75) is 13.3 Å². The van der Waals surface area contributed by atoms with Crippen LogP contribution in [0, 0.1) is 6.92 Å². The van der Waals surface area contributed by atoms with Gasteiger partial charge in [-0.25, -0.2) is 4.68 Å². The van der Waals surface area contributed by atoms with E-state index in [2.05, 4.69) is 5.10 Å². The monoisotopic (exact) mass is 188 g/mol. The van der Waals surface area contributed by atoms with Crippen LogP contribution >= 0.6 is 11.6 Å². The van der Waals surface area contributed by atoms with Gasteiger partial charge in [0, 0.05) is 18.5 Å². The summed E-state index contributed by atoms with van der Waals surface area (Å²) in [4.78, 5) is 0. The van der Waals surface area contributed by atoms with Gasteiger partial charge in [0.1, 0.15) is 0 Å². The van der Waals surface area contributed by atoms with Crippen LogP contribution < -0.4 is 4.74 Å². The zero-order chi connectivity index (χ0) is 9.14. The number of ether oxygens (including phenoxy) is 1. The fraction of sp³-hybridized carbons (Fsp3) is 0.625. The lowest BCUT2D eigenvalue weighted by Crippen LogP contribution is -1.97. The minimum Gasteiger partial charge on any atom is -0.481 e. The molecule has 0 aliphatic heterocycles. The lowest BCUT2D eigenvalue weighted by Gasteiger charge is -2.02. The molecular formula is C8H13ClN2O. The summed E-state index contributed by atoms with van der Waals surface area (Å²) in [5.41, 5.74) is 2.10. The normalized spacial score (nSPS) is 10.3. The van der Waals surface area contributed by atoms with Crippen LogP contribution in [0.4, 0.5) is 0 Å². The Labute approximate surface area is 77.3 Å². The Bertz CT molecular complexity index is 270. The molecule has 0 radical (unpaired) electrons. The van der Waals surface area contributed by atoms with Crippen LogP contribution in [0.5, 0.6) is 5.88 Å². The predicted molar refractivity (Wildman–Crippen MR) is 48.9 cm³/mol. The highest BCUT2D eigenvalue weighted by Crippen LogP contribution is 2.21. The smallest absolute Gasteiger partial charge is 0.214 e. The van der Waals surface area contributed by atoms with Crippen LogP contribution in [-0.2, 0) is 13.5 Å². The van der Waals surface area contributed by atoms with Crippen molar-refractivity contribution in [1.82, 2.24) is 9.78 Å².